The van der Waals surface area contributed by atoms with E-state index in [-0.39, 0.29) is 12.5 Å². The maximum atomic E-state index is 11.9. The van der Waals surface area contributed by atoms with E-state index in [1.807, 2.05) is 0 Å². The Labute approximate surface area is 122 Å². The van der Waals surface area contributed by atoms with Crippen LogP contribution in [0.1, 0.15) is 28.2 Å². The van der Waals surface area contributed by atoms with E-state index < -0.39 is 0 Å². The molecule has 0 fully saturated rings. The summed E-state index contributed by atoms with van der Waals surface area (Å²) in [6.07, 6.45) is 2.22. The van der Waals surface area contributed by atoms with E-state index in [9.17, 15) is 4.79 Å². The third-order valence-electron chi connectivity index (χ3n) is 2.66. The van der Waals surface area contributed by atoms with Gasteiger partial charge in [-0.05, 0) is 24.3 Å². The van der Waals surface area contributed by atoms with Gasteiger partial charge in [0.2, 0.25) is 6.39 Å². The first-order chi connectivity index (χ1) is 10.3. The second-order valence-electron chi connectivity index (χ2n) is 4.21. The van der Waals surface area contributed by atoms with Crippen molar-refractivity contribution in [1.29, 1.82) is 0 Å². The van der Waals surface area contributed by atoms with Crippen LogP contribution in [0, 0.1) is 11.8 Å². The van der Waals surface area contributed by atoms with Gasteiger partial charge in [-0.25, -0.2) is 0 Å². The van der Waals surface area contributed by atoms with E-state index in [1.54, 1.807) is 24.3 Å². The van der Waals surface area contributed by atoms with E-state index in [0.717, 1.165) is 5.56 Å². The molecule has 2 aromatic rings. The molecular weight excluding hydrogens is 270 g/mol. The van der Waals surface area contributed by atoms with Gasteiger partial charge in [0.15, 0.2) is 5.82 Å². The predicted molar refractivity (Wildman–Crippen MR) is 75.4 cm³/mol. The number of benzene rings is 1. The van der Waals surface area contributed by atoms with Crippen LogP contribution < -0.4 is 5.32 Å². The minimum atomic E-state index is -0.159. The summed E-state index contributed by atoms with van der Waals surface area (Å²) in [5.41, 5.74) is 1.38. The first kappa shape index (κ1) is 14.8. The van der Waals surface area contributed by atoms with Crippen molar-refractivity contribution in [3.63, 3.8) is 0 Å². The molecule has 0 spiro atoms. The highest BCUT2D eigenvalue weighted by Gasteiger charge is 2.05. The molecule has 2 rings (SSSR count). The number of carbonyl (C=O) groups is 1. The molecule has 2 N–H and O–H groups in total. The highest BCUT2D eigenvalue weighted by molar-refractivity contribution is 5.94. The second-order valence-corrected chi connectivity index (χ2v) is 4.21. The molecule has 108 valence electrons. The Morgan fingerprint density at radius 3 is 2.81 bits per heavy atom. The molecule has 6 nitrogen and oxygen atoms in total. The number of rotatable bonds is 5. The van der Waals surface area contributed by atoms with Crippen LogP contribution in [0.15, 0.2) is 35.2 Å². The van der Waals surface area contributed by atoms with Crippen LogP contribution in [0.3, 0.4) is 0 Å². The lowest BCUT2D eigenvalue weighted by molar-refractivity contribution is 0.0954. The fourth-order valence-corrected chi connectivity index (χ4v) is 1.62. The van der Waals surface area contributed by atoms with Crippen molar-refractivity contribution in [2.24, 2.45) is 0 Å². The van der Waals surface area contributed by atoms with Crippen molar-refractivity contribution in [3.05, 3.63) is 47.6 Å². The molecule has 1 aromatic carbocycles. The Balaban J connectivity index is 1.83. The Hall–Kier alpha value is -2.65. The number of hydrogen-bond donors (Lipinski definition) is 2. The van der Waals surface area contributed by atoms with Gasteiger partial charge in [0.1, 0.15) is 0 Å². The smallest absolute Gasteiger partial charge is 0.251 e. The molecule has 0 aliphatic carbocycles. The lowest BCUT2D eigenvalue weighted by Gasteiger charge is -2.03. The molecule has 0 saturated carbocycles. The number of carbonyl (C=O) groups excluding carboxylic acids is 1. The molecule has 0 unspecified atom stereocenters. The molecule has 0 aliphatic rings. The first-order valence-electron chi connectivity index (χ1n) is 6.53. The van der Waals surface area contributed by atoms with E-state index in [1.165, 1.54) is 6.39 Å². The fourth-order valence-electron chi connectivity index (χ4n) is 1.62. The molecule has 21 heavy (non-hydrogen) atoms. The minimum Gasteiger partial charge on any atom is -0.395 e. The number of nitrogens with one attached hydrogen (secondary N) is 1. The van der Waals surface area contributed by atoms with Crippen LogP contribution in [-0.2, 0) is 6.42 Å². The maximum Gasteiger partial charge on any atom is 0.251 e. The Bertz CT molecular complexity index is 624. The average Bonchev–Trinajstić information content (AvgIpc) is 3.01. The Kier molecular flexibility index (Phi) is 5.50. The topological polar surface area (TPSA) is 88.3 Å². The molecule has 6 heteroatoms. The van der Waals surface area contributed by atoms with Crippen LogP contribution in [0.2, 0.25) is 0 Å². The van der Waals surface area contributed by atoms with Crippen molar-refractivity contribution in [2.75, 3.05) is 13.2 Å². The molecule has 0 radical (unpaired) electrons. The van der Waals surface area contributed by atoms with Crippen molar-refractivity contribution < 1.29 is 14.4 Å². The standard InChI is InChI=1S/C15H15N3O3/c19-10-2-1-3-12-4-6-13(7-5-12)15(20)16-9-8-14-17-11-21-18-14/h4-7,11,19H,2,8-10H2,(H,16,20). The summed E-state index contributed by atoms with van der Waals surface area (Å²) in [5.74, 6) is 6.13. The second kappa shape index (κ2) is 7.82. The molecule has 1 heterocycles. The van der Waals surface area contributed by atoms with Crippen molar-refractivity contribution in [2.45, 2.75) is 12.8 Å². The lowest BCUT2D eigenvalue weighted by atomic mass is 10.1. The van der Waals surface area contributed by atoms with Crippen LogP contribution in [-0.4, -0.2) is 34.3 Å². The lowest BCUT2D eigenvalue weighted by Crippen LogP contribution is -2.25. The molecule has 0 atom stereocenters. The SMILES string of the molecule is O=C(NCCc1ncon1)c1ccc(C#CCCO)cc1. The van der Waals surface area contributed by atoms with E-state index >= 15 is 0 Å². The van der Waals surface area contributed by atoms with Gasteiger partial charge in [-0.2, -0.15) is 4.98 Å². The highest BCUT2D eigenvalue weighted by Crippen LogP contribution is 2.03. The Morgan fingerprint density at radius 2 is 2.14 bits per heavy atom. The van der Waals surface area contributed by atoms with Gasteiger partial charge in [-0.15, -0.1) is 0 Å². The zero-order valence-electron chi connectivity index (χ0n) is 11.4. The summed E-state index contributed by atoms with van der Waals surface area (Å²) in [7, 11) is 0. The van der Waals surface area contributed by atoms with Gasteiger partial charge in [-0.3, -0.25) is 4.79 Å². The summed E-state index contributed by atoms with van der Waals surface area (Å²) in [4.78, 5) is 15.8. The van der Waals surface area contributed by atoms with Crippen LogP contribution in [0.25, 0.3) is 0 Å². The monoisotopic (exact) mass is 285 g/mol. The highest BCUT2D eigenvalue weighted by atomic mass is 16.5. The van der Waals surface area contributed by atoms with Gasteiger partial charge >= 0.3 is 0 Å². The zero-order valence-corrected chi connectivity index (χ0v) is 11.4. The van der Waals surface area contributed by atoms with E-state index in [4.69, 9.17) is 5.11 Å². The Morgan fingerprint density at radius 1 is 1.33 bits per heavy atom. The van der Waals surface area contributed by atoms with Gasteiger partial charge < -0.3 is 14.9 Å². The summed E-state index contributed by atoms with van der Waals surface area (Å²) in [6, 6.07) is 6.98. The number of nitrogens with zero attached hydrogens (tertiary/aromatic N) is 2. The van der Waals surface area contributed by atoms with E-state index in [2.05, 4.69) is 31.8 Å². The van der Waals surface area contributed by atoms with Crippen LogP contribution >= 0.6 is 0 Å². The minimum absolute atomic E-state index is 0.0495. The maximum absolute atomic E-state index is 11.9. The third kappa shape index (κ3) is 4.75. The van der Waals surface area contributed by atoms with Crippen molar-refractivity contribution in [3.8, 4) is 11.8 Å². The first-order valence-corrected chi connectivity index (χ1v) is 6.53. The fraction of sp³-hybridized carbons (Fsp3) is 0.267. The van der Waals surface area contributed by atoms with Crippen LogP contribution in [0.5, 0.6) is 0 Å². The normalized spacial score (nSPS) is 9.76. The molecule has 1 amide bonds. The molecule has 0 saturated heterocycles. The summed E-state index contributed by atoms with van der Waals surface area (Å²) >= 11 is 0. The number of aromatic nitrogens is 2. The average molecular weight is 285 g/mol. The predicted octanol–water partition coefficient (Wildman–Crippen LogP) is 0.776. The molecular formula is C15H15N3O3. The number of aliphatic hydroxyl groups is 1. The number of aliphatic hydroxyl groups excluding tert-OH is 1. The summed E-state index contributed by atoms with van der Waals surface area (Å²) in [6.45, 7) is 0.490. The van der Waals surface area contributed by atoms with Gasteiger partial charge in [0.05, 0.1) is 6.61 Å². The molecule has 0 aliphatic heterocycles. The van der Waals surface area contributed by atoms with Crippen LogP contribution in [0.4, 0.5) is 0 Å². The molecule has 1 aromatic heterocycles. The zero-order chi connectivity index (χ0) is 14.9. The van der Waals surface area contributed by atoms with Gasteiger partial charge in [0.25, 0.3) is 5.91 Å². The molecule has 0 bridgehead atoms. The number of amides is 1. The third-order valence-corrected chi connectivity index (χ3v) is 2.66. The largest absolute Gasteiger partial charge is 0.395 e. The van der Waals surface area contributed by atoms with E-state index in [0.29, 0.717) is 30.8 Å². The quantitative estimate of drug-likeness (QED) is 0.792. The summed E-state index contributed by atoms with van der Waals surface area (Å²) < 4.78 is 4.61. The van der Waals surface area contributed by atoms with Crippen molar-refractivity contribution in [1.82, 2.24) is 15.5 Å². The summed E-state index contributed by atoms with van der Waals surface area (Å²) in [5, 5.41) is 15.1. The van der Waals surface area contributed by atoms with Gasteiger partial charge in [-0.1, -0.05) is 17.0 Å². The van der Waals surface area contributed by atoms with Gasteiger partial charge in [0, 0.05) is 30.5 Å². The van der Waals surface area contributed by atoms with Crippen molar-refractivity contribution >= 4 is 5.91 Å². The number of hydrogen-bond acceptors (Lipinski definition) is 5.